The summed E-state index contributed by atoms with van der Waals surface area (Å²) in [4.78, 5) is 17.1. The van der Waals surface area contributed by atoms with Gasteiger partial charge in [0.05, 0.1) is 6.54 Å². The molecule has 0 unspecified atom stereocenters. The number of rotatable bonds is 12. The predicted octanol–water partition coefficient (Wildman–Crippen LogP) is 2.69. The van der Waals surface area contributed by atoms with E-state index in [1.807, 2.05) is 19.2 Å². The summed E-state index contributed by atoms with van der Waals surface area (Å²) in [5, 5.41) is 17.5. The highest BCUT2D eigenvalue weighted by molar-refractivity contribution is 5.43. The first-order valence-corrected chi connectivity index (χ1v) is 12.8. The molecule has 2 fully saturated rings. The van der Waals surface area contributed by atoms with E-state index in [0.717, 1.165) is 81.1 Å². The Bertz CT molecular complexity index is 825. The number of nitrogens with one attached hydrogen (secondary N) is 6. The van der Waals surface area contributed by atoms with Crippen LogP contribution in [0.2, 0.25) is 0 Å². The molecule has 0 bridgehead atoms. The first-order valence-electron chi connectivity index (χ1n) is 12.8. The van der Waals surface area contributed by atoms with Gasteiger partial charge < -0.3 is 31.6 Å². The highest BCUT2D eigenvalue weighted by Crippen LogP contribution is 2.17. The molecule has 0 radical (unpaired) electrons. The summed E-state index contributed by atoms with van der Waals surface area (Å²) in [7, 11) is 0. The maximum atomic E-state index is 4.65. The number of aromatic amines is 1. The summed E-state index contributed by atoms with van der Waals surface area (Å²) in [6.45, 7) is 7.60. The molecule has 9 nitrogen and oxygen atoms in total. The van der Waals surface area contributed by atoms with Crippen molar-refractivity contribution in [3.63, 3.8) is 0 Å². The Balaban J connectivity index is 1.14. The maximum Gasteiger partial charge on any atom is 0.225 e. The molecule has 2 aromatic heterocycles. The van der Waals surface area contributed by atoms with Crippen molar-refractivity contribution in [3.05, 3.63) is 29.5 Å². The van der Waals surface area contributed by atoms with Gasteiger partial charge in [-0.15, -0.1) is 0 Å². The minimum absolute atomic E-state index is 0.469. The van der Waals surface area contributed by atoms with Crippen LogP contribution in [0, 0.1) is 6.92 Å². The zero-order chi connectivity index (χ0) is 22.7. The number of aromatic nitrogens is 4. The summed E-state index contributed by atoms with van der Waals surface area (Å²) in [5.74, 6) is 2.41. The van der Waals surface area contributed by atoms with E-state index in [1.165, 1.54) is 32.1 Å². The van der Waals surface area contributed by atoms with Gasteiger partial charge in [0.2, 0.25) is 5.95 Å². The van der Waals surface area contributed by atoms with Gasteiger partial charge in [0.15, 0.2) is 0 Å². The Kier molecular flexibility index (Phi) is 9.32. The molecule has 3 heterocycles. The van der Waals surface area contributed by atoms with Crippen LogP contribution in [0.15, 0.2) is 12.3 Å². The van der Waals surface area contributed by atoms with E-state index in [9.17, 15) is 0 Å². The lowest BCUT2D eigenvalue weighted by molar-refractivity contribution is 0.371. The van der Waals surface area contributed by atoms with Crippen molar-refractivity contribution >= 4 is 11.8 Å². The highest BCUT2D eigenvalue weighted by Gasteiger charge is 2.14. The monoisotopic (exact) mass is 455 g/mol. The van der Waals surface area contributed by atoms with Crippen LogP contribution in [0.1, 0.15) is 68.6 Å². The fourth-order valence-electron chi connectivity index (χ4n) is 4.69. The average Bonchev–Trinajstić information content (AvgIpc) is 3.29. The minimum atomic E-state index is 0.469. The first kappa shape index (κ1) is 23.9. The zero-order valence-electron chi connectivity index (χ0n) is 20.1. The number of H-pyrrole nitrogens is 1. The number of hydrogen-bond donors (Lipinski definition) is 6. The van der Waals surface area contributed by atoms with Gasteiger partial charge in [0.1, 0.15) is 11.6 Å². The molecule has 4 rings (SSSR count). The molecule has 33 heavy (non-hydrogen) atoms. The van der Waals surface area contributed by atoms with Gasteiger partial charge in [-0.2, -0.15) is 4.98 Å². The van der Waals surface area contributed by atoms with E-state index >= 15 is 0 Å². The lowest BCUT2D eigenvalue weighted by Gasteiger charge is -2.24. The lowest BCUT2D eigenvalue weighted by atomic mass is 9.95. The van der Waals surface area contributed by atoms with Crippen molar-refractivity contribution in [2.75, 3.05) is 36.8 Å². The van der Waals surface area contributed by atoms with Crippen molar-refractivity contribution in [1.82, 2.24) is 35.9 Å². The Morgan fingerprint density at radius 3 is 2.67 bits per heavy atom. The van der Waals surface area contributed by atoms with Crippen LogP contribution in [0.4, 0.5) is 11.8 Å². The number of nitrogens with zero attached hydrogens (tertiary/aromatic N) is 3. The molecule has 0 aromatic carbocycles. The van der Waals surface area contributed by atoms with Crippen molar-refractivity contribution < 1.29 is 0 Å². The van der Waals surface area contributed by atoms with E-state index in [0.29, 0.717) is 18.5 Å². The van der Waals surface area contributed by atoms with Crippen LogP contribution >= 0.6 is 0 Å². The third kappa shape index (κ3) is 8.24. The molecular weight excluding hydrogens is 414 g/mol. The fourth-order valence-corrected chi connectivity index (χ4v) is 4.69. The van der Waals surface area contributed by atoms with Crippen LogP contribution in [-0.2, 0) is 13.1 Å². The number of imidazole rings is 1. The first-order chi connectivity index (χ1) is 16.2. The molecule has 1 saturated heterocycles. The number of aryl methyl sites for hydroxylation is 1. The number of anilines is 2. The van der Waals surface area contributed by atoms with Crippen molar-refractivity contribution in [1.29, 1.82) is 0 Å². The smallest absolute Gasteiger partial charge is 0.225 e. The van der Waals surface area contributed by atoms with Gasteiger partial charge in [-0.3, -0.25) is 0 Å². The second-order valence-corrected chi connectivity index (χ2v) is 9.41. The van der Waals surface area contributed by atoms with Crippen molar-refractivity contribution in [3.8, 4) is 0 Å². The molecule has 1 aliphatic heterocycles. The highest BCUT2D eigenvalue weighted by atomic mass is 15.2. The van der Waals surface area contributed by atoms with Crippen LogP contribution in [0.5, 0.6) is 0 Å². The van der Waals surface area contributed by atoms with E-state index in [-0.39, 0.29) is 0 Å². The molecule has 182 valence electrons. The topological polar surface area (TPSA) is 115 Å². The van der Waals surface area contributed by atoms with Gasteiger partial charge in [-0.1, -0.05) is 19.3 Å². The largest absolute Gasteiger partial charge is 0.367 e. The molecule has 1 aliphatic carbocycles. The van der Waals surface area contributed by atoms with Crippen molar-refractivity contribution in [2.45, 2.75) is 83.5 Å². The summed E-state index contributed by atoms with van der Waals surface area (Å²) in [5.41, 5.74) is 2.05. The third-order valence-corrected chi connectivity index (χ3v) is 6.52. The Morgan fingerprint density at radius 1 is 0.970 bits per heavy atom. The number of hydrogen-bond acceptors (Lipinski definition) is 8. The summed E-state index contributed by atoms with van der Waals surface area (Å²) in [6.07, 6.45) is 12.2. The summed E-state index contributed by atoms with van der Waals surface area (Å²) >= 11 is 0. The molecular formula is C24H41N9. The number of piperidine rings is 1. The van der Waals surface area contributed by atoms with Crippen LogP contribution in [-0.4, -0.2) is 58.2 Å². The van der Waals surface area contributed by atoms with E-state index in [1.54, 1.807) is 0 Å². The minimum Gasteiger partial charge on any atom is -0.367 e. The maximum absolute atomic E-state index is 4.65. The Labute approximate surface area is 197 Å². The molecule has 2 aromatic rings. The third-order valence-electron chi connectivity index (χ3n) is 6.52. The van der Waals surface area contributed by atoms with E-state index in [4.69, 9.17) is 0 Å². The van der Waals surface area contributed by atoms with Gasteiger partial charge in [-0.25, -0.2) is 9.97 Å². The predicted molar refractivity (Wildman–Crippen MR) is 133 cm³/mol. The Hall–Kier alpha value is -2.23. The van der Waals surface area contributed by atoms with Crippen molar-refractivity contribution in [2.24, 2.45) is 0 Å². The fraction of sp³-hybridized carbons (Fsp3) is 0.708. The zero-order valence-corrected chi connectivity index (χ0v) is 20.1. The molecule has 9 heteroatoms. The van der Waals surface area contributed by atoms with Crippen LogP contribution < -0.4 is 26.6 Å². The van der Waals surface area contributed by atoms with E-state index < -0.39 is 0 Å². The van der Waals surface area contributed by atoms with Crippen LogP contribution in [0.25, 0.3) is 0 Å². The van der Waals surface area contributed by atoms with Gasteiger partial charge in [-0.05, 0) is 65.2 Å². The summed E-state index contributed by atoms with van der Waals surface area (Å²) < 4.78 is 0. The standard InChI is InChI=1S/C24H41N9/c1-18-14-22(31-20-8-12-25-13-9-20)33-24(30-18)29-17-23-28-16-21(32-23)15-26-10-5-11-27-19-6-3-2-4-7-19/h14,16,19-20,25-27H,2-13,15,17H2,1H3,(H,28,32)(H2,29,30,31,33). The lowest BCUT2D eigenvalue weighted by Crippen LogP contribution is -2.35. The van der Waals surface area contributed by atoms with E-state index in [2.05, 4.69) is 46.5 Å². The molecule has 2 aliphatic rings. The second-order valence-electron chi connectivity index (χ2n) is 9.41. The average molecular weight is 456 g/mol. The summed E-state index contributed by atoms with van der Waals surface area (Å²) in [6, 6.07) is 3.22. The molecule has 0 spiro atoms. The molecule has 6 N–H and O–H groups in total. The van der Waals surface area contributed by atoms with Crippen LogP contribution in [0.3, 0.4) is 0 Å². The van der Waals surface area contributed by atoms with Gasteiger partial charge in [0, 0.05) is 42.3 Å². The molecule has 0 atom stereocenters. The second kappa shape index (κ2) is 12.9. The van der Waals surface area contributed by atoms with Gasteiger partial charge >= 0.3 is 0 Å². The normalized spacial score (nSPS) is 17.8. The van der Waals surface area contributed by atoms with Gasteiger partial charge in [0.25, 0.3) is 0 Å². The molecule has 1 saturated carbocycles. The molecule has 0 amide bonds. The quantitative estimate of drug-likeness (QED) is 0.271. The Morgan fingerprint density at radius 2 is 1.82 bits per heavy atom. The SMILES string of the molecule is Cc1cc(NC2CCNCC2)nc(NCc2ncc(CNCCCNC3CCCCC3)[nH]2)n1.